The van der Waals surface area contributed by atoms with Crippen LogP contribution in [0.15, 0.2) is 16.9 Å². The lowest BCUT2D eigenvalue weighted by Gasteiger charge is -2.10. The first kappa shape index (κ1) is 12.2. The van der Waals surface area contributed by atoms with Gasteiger partial charge in [-0.2, -0.15) is 0 Å². The number of rotatable bonds is 2. The van der Waals surface area contributed by atoms with Crippen LogP contribution >= 0.6 is 0 Å². The van der Waals surface area contributed by atoms with Gasteiger partial charge in [-0.1, -0.05) is 0 Å². The van der Waals surface area contributed by atoms with Gasteiger partial charge in [0.05, 0.1) is 12.6 Å². The fourth-order valence-electron chi connectivity index (χ4n) is 2.07. The molecule has 0 amide bonds. The summed E-state index contributed by atoms with van der Waals surface area (Å²) < 4.78 is 5.15. The van der Waals surface area contributed by atoms with Crippen molar-refractivity contribution in [1.29, 1.82) is 0 Å². The molecule has 2 rings (SSSR count). The summed E-state index contributed by atoms with van der Waals surface area (Å²) in [5.41, 5.74) is 1.11. The number of H-pyrrole nitrogens is 1. The Morgan fingerprint density at radius 1 is 1.33 bits per heavy atom. The van der Waals surface area contributed by atoms with Gasteiger partial charge in [-0.15, -0.1) is 0 Å². The highest BCUT2D eigenvalue weighted by Crippen LogP contribution is 2.26. The quantitative estimate of drug-likeness (QED) is 0.848. The van der Waals surface area contributed by atoms with Crippen molar-refractivity contribution in [2.45, 2.75) is 13.8 Å². The molecule has 0 saturated heterocycles. The molecule has 1 heterocycles. The third kappa shape index (κ3) is 1.73. The molecule has 94 valence electrons. The van der Waals surface area contributed by atoms with Crippen molar-refractivity contribution in [2.75, 3.05) is 7.11 Å². The van der Waals surface area contributed by atoms with Gasteiger partial charge in [-0.25, -0.2) is 4.79 Å². The zero-order valence-corrected chi connectivity index (χ0v) is 10.3. The highest BCUT2D eigenvalue weighted by atomic mass is 16.5. The number of fused-ring (bicyclic) bond motifs is 1. The Labute approximate surface area is 103 Å². The molecule has 0 unspecified atom stereocenters. The molecule has 0 spiro atoms. The van der Waals surface area contributed by atoms with Gasteiger partial charge in [0.25, 0.3) is 5.56 Å². The van der Waals surface area contributed by atoms with Crippen LogP contribution in [0.3, 0.4) is 0 Å². The molecule has 0 saturated carbocycles. The van der Waals surface area contributed by atoms with Crippen LogP contribution in [0, 0.1) is 13.8 Å². The molecule has 5 nitrogen and oxygen atoms in total. The summed E-state index contributed by atoms with van der Waals surface area (Å²) in [6, 6.07) is 3.51. The summed E-state index contributed by atoms with van der Waals surface area (Å²) in [4.78, 5) is 25.4. The number of aromatic amines is 1. The molecule has 2 N–H and O–H groups in total. The zero-order chi connectivity index (χ0) is 13.4. The summed E-state index contributed by atoms with van der Waals surface area (Å²) in [5, 5.41) is 9.73. The van der Waals surface area contributed by atoms with E-state index in [-0.39, 0.29) is 5.56 Å². The minimum absolute atomic E-state index is 0.227. The number of aryl methyl sites for hydroxylation is 2. The number of aromatic nitrogens is 1. The molecule has 0 aliphatic carbocycles. The van der Waals surface area contributed by atoms with Gasteiger partial charge in [-0.05, 0) is 37.1 Å². The van der Waals surface area contributed by atoms with E-state index in [4.69, 9.17) is 9.84 Å². The first-order valence-electron chi connectivity index (χ1n) is 5.40. The Morgan fingerprint density at radius 2 is 2.00 bits per heavy atom. The van der Waals surface area contributed by atoms with E-state index >= 15 is 0 Å². The maximum Gasteiger partial charge on any atom is 0.341 e. The van der Waals surface area contributed by atoms with Crippen LogP contribution in [0.5, 0.6) is 5.75 Å². The molecule has 0 fully saturated rings. The van der Waals surface area contributed by atoms with Crippen molar-refractivity contribution in [3.8, 4) is 5.75 Å². The molecule has 0 aliphatic rings. The van der Waals surface area contributed by atoms with Crippen molar-refractivity contribution in [1.82, 2.24) is 4.98 Å². The number of hydrogen-bond donors (Lipinski definition) is 2. The number of nitrogens with one attached hydrogen (secondary N) is 1. The maximum absolute atomic E-state index is 11.7. The topological polar surface area (TPSA) is 79.4 Å². The first-order valence-corrected chi connectivity index (χ1v) is 5.40. The molecule has 1 aromatic heterocycles. The van der Waals surface area contributed by atoms with Crippen molar-refractivity contribution < 1.29 is 14.6 Å². The minimum atomic E-state index is -1.23. The predicted octanol–water partition coefficient (Wildman–Crippen LogP) is 1.85. The van der Waals surface area contributed by atoms with Crippen LogP contribution in [0.2, 0.25) is 0 Å². The minimum Gasteiger partial charge on any atom is -0.497 e. The van der Waals surface area contributed by atoms with E-state index < -0.39 is 11.5 Å². The summed E-state index contributed by atoms with van der Waals surface area (Å²) in [5.74, 6) is -0.595. The van der Waals surface area contributed by atoms with E-state index in [9.17, 15) is 9.59 Å². The summed E-state index contributed by atoms with van der Waals surface area (Å²) in [6.07, 6.45) is 0. The normalized spacial score (nSPS) is 10.6. The van der Waals surface area contributed by atoms with Crippen LogP contribution < -0.4 is 10.3 Å². The molecule has 0 atom stereocenters. The molecule has 1 aromatic carbocycles. The SMILES string of the molecule is COc1cc(C)c2[nH]c(=O)c(C(=O)O)c(C)c2c1. The smallest absolute Gasteiger partial charge is 0.341 e. The third-order valence-corrected chi connectivity index (χ3v) is 3.00. The highest BCUT2D eigenvalue weighted by Gasteiger charge is 2.16. The number of aromatic carboxylic acids is 1. The second kappa shape index (κ2) is 4.18. The van der Waals surface area contributed by atoms with E-state index in [0.717, 1.165) is 5.56 Å². The summed E-state index contributed by atoms with van der Waals surface area (Å²) in [7, 11) is 1.54. The molecule has 0 bridgehead atoms. The van der Waals surface area contributed by atoms with E-state index in [1.165, 1.54) is 0 Å². The molecular formula is C13H13NO4. The largest absolute Gasteiger partial charge is 0.497 e. The number of hydrogen-bond acceptors (Lipinski definition) is 3. The molecular weight excluding hydrogens is 234 g/mol. The Kier molecular flexibility index (Phi) is 2.82. The molecule has 2 aromatic rings. The standard InChI is InChI=1S/C13H13NO4/c1-6-4-8(18-3)5-9-7(2)10(13(16)17)12(15)14-11(6)9/h4-5H,1-3H3,(H,14,15)(H,16,17). The Bertz CT molecular complexity index is 700. The second-order valence-corrected chi connectivity index (χ2v) is 4.13. The number of pyridine rings is 1. The maximum atomic E-state index is 11.7. The molecule has 18 heavy (non-hydrogen) atoms. The summed E-state index contributed by atoms with van der Waals surface area (Å²) in [6.45, 7) is 3.46. The number of carboxylic acid groups (broad SMARTS) is 1. The number of methoxy groups -OCH3 is 1. The van der Waals surface area contributed by atoms with Crippen molar-refractivity contribution in [2.24, 2.45) is 0 Å². The van der Waals surface area contributed by atoms with Gasteiger partial charge in [0.2, 0.25) is 0 Å². The number of benzene rings is 1. The Balaban J connectivity index is 2.96. The van der Waals surface area contributed by atoms with Gasteiger partial charge in [0.15, 0.2) is 0 Å². The van der Waals surface area contributed by atoms with Crippen molar-refractivity contribution >= 4 is 16.9 Å². The van der Waals surface area contributed by atoms with Gasteiger partial charge in [0.1, 0.15) is 11.3 Å². The average Bonchev–Trinajstić information content (AvgIpc) is 2.29. The lowest BCUT2D eigenvalue weighted by Crippen LogP contribution is -2.19. The van der Waals surface area contributed by atoms with E-state index in [1.54, 1.807) is 26.2 Å². The molecule has 5 heteroatoms. The first-order chi connectivity index (χ1) is 8.45. The number of carboxylic acids is 1. The van der Waals surface area contributed by atoms with E-state index in [0.29, 0.717) is 22.2 Å². The van der Waals surface area contributed by atoms with Gasteiger partial charge in [-0.3, -0.25) is 4.79 Å². The Hall–Kier alpha value is -2.30. The third-order valence-electron chi connectivity index (χ3n) is 3.00. The monoisotopic (exact) mass is 247 g/mol. The lowest BCUT2D eigenvalue weighted by molar-refractivity contribution is 0.0694. The van der Waals surface area contributed by atoms with E-state index in [2.05, 4.69) is 4.98 Å². The van der Waals surface area contributed by atoms with Crippen LogP contribution in [-0.2, 0) is 0 Å². The predicted molar refractivity (Wildman–Crippen MR) is 67.6 cm³/mol. The fourth-order valence-corrected chi connectivity index (χ4v) is 2.07. The molecule has 0 aliphatic heterocycles. The van der Waals surface area contributed by atoms with E-state index in [1.807, 2.05) is 6.92 Å². The Morgan fingerprint density at radius 3 is 2.56 bits per heavy atom. The van der Waals surface area contributed by atoms with Gasteiger partial charge >= 0.3 is 5.97 Å². The van der Waals surface area contributed by atoms with Crippen LogP contribution in [0.25, 0.3) is 10.9 Å². The summed E-state index contributed by atoms with van der Waals surface area (Å²) >= 11 is 0. The van der Waals surface area contributed by atoms with Gasteiger partial charge in [0, 0.05) is 5.39 Å². The van der Waals surface area contributed by atoms with Gasteiger partial charge < -0.3 is 14.8 Å². The lowest BCUT2D eigenvalue weighted by atomic mass is 10.0. The van der Waals surface area contributed by atoms with Crippen LogP contribution in [0.4, 0.5) is 0 Å². The van der Waals surface area contributed by atoms with Crippen molar-refractivity contribution in [3.05, 3.63) is 39.2 Å². The zero-order valence-electron chi connectivity index (χ0n) is 10.3. The van der Waals surface area contributed by atoms with Crippen LogP contribution in [0.1, 0.15) is 21.5 Å². The second-order valence-electron chi connectivity index (χ2n) is 4.13. The van der Waals surface area contributed by atoms with Crippen LogP contribution in [-0.4, -0.2) is 23.2 Å². The average molecular weight is 247 g/mol. The number of carbonyl (C=O) groups is 1. The molecule has 0 radical (unpaired) electrons. The van der Waals surface area contributed by atoms with Crippen molar-refractivity contribution in [3.63, 3.8) is 0 Å². The highest BCUT2D eigenvalue weighted by molar-refractivity contribution is 5.96. The fraction of sp³-hybridized carbons (Fsp3) is 0.231. The number of ether oxygens (including phenoxy) is 1.